The van der Waals surface area contributed by atoms with Gasteiger partial charge in [0.1, 0.15) is 5.75 Å². The molecule has 0 aliphatic rings. The van der Waals surface area contributed by atoms with Crippen molar-refractivity contribution >= 4 is 27.5 Å². The number of nitrogens with one attached hydrogen (secondary N) is 1. The number of hydrogen-bond acceptors (Lipinski definition) is 4. The summed E-state index contributed by atoms with van der Waals surface area (Å²) in [5, 5.41) is 11.6. The first-order valence-corrected chi connectivity index (χ1v) is 5.89. The van der Waals surface area contributed by atoms with Gasteiger partial charge in [-0.1, -0.05) is 6.07 Å². The zero-order valence-electron chi connectivity index (χ0n) is 10.5. The van der Waals surface area contributed by atoms with Crippen molar-refractivity contribution in [1.29, 1.82) is 0 Å². The van der Waals surface area contributed by atoms with Gasteiger partial charge in [0, 0.05) is 17.5 Å². The van der Waals surface area contributed by atoms with E-state index in [9.17, 15) is 14.9 Å². The first-order valence-electron chi connectivity index (χ1n) is 5.89. The lowest BCUT2D eigenvalue weighted by molar-refractivity contribution is -0.384. The summed E-state index contributed by atoms with van der Waals surface area (Å²) >= 11 is 0. The third-order valence-electron chi connectivity index (χ3n) is 3.20. The monoisotopic (exact) mass is 270 g/mol. The number of methoxy groups -OCH3 is 1. The van der Waals surface area contributed by atoms with Crippen LogP contribution < -0.4 is 10.2 Å². The molecule has 2 aromatic carbocycles. The van der Waals surface area contributed by atoms with Crippen molar-refractivity contribution in [3.05, 3.63) is 56.7 Å². The molecule has 0 amide bonds. The third-order valence-corrected chi connectivity index (χ3v) is 3.20. The molecule has 0 atom stereocenters. The summed E-state index contributed by atoms with van der Waals surface area (Å²) < 4.78 is 5.19. The Morgan fingerprint density at radius 1 is 1.20 bits per heavy atom. The number of pyridine rings is 1. The van der Waals surface area contributed by atoms with Crippen LogP contribution in [0.25, 0.3) is 21.8 Å². The first kappa shape index (κ1) is 12.2. The van der Waals surface area contributed by atoms with Gasteiger partial charge in [-0.25, -0.2) is 0 Å². The highest BCUT2D eigenvalue weighted by molar-refractivity contribution is 5.96. The number of nitro groups is 1. The standard InChI is InChI=1S/C14H10N2O4/c1-20-12-4-2-3-10-13(12)14(17)9-6-5-8(16(18)19)7-11(9)15-10/h2-7H,1H3,(H,15,17). The van der Waals surface area contributed by atoms with Gasteiger partial charge in [-0.2, -0.15) is 0 Å². The minimum atomic E-state index is -0.493. The van der Waals surface area contributed by atoms with Crippen molar-refractivity contribution in [2.45, 2.75) is 0 Å². The predicted octanol–water partition coefficient (Wildman–Crippen LogP) is 2.60. The van der Waals surface area contributed by atoms with Crippen LogP contribution in [0, 0.1) is 10.1 Å². The quantitative estimate of drug-likeness (QED) is 0.440. The van der Waals surface area contributed by atoms with Gasteiger partial charge in [-0.15, -0.1) is 0 Å². The van der Waals surface area contributed by atoms with E-state index in [1.807, 2.05) is 0 Å². The summed E-state index contributed by atoms with van der Waals surface area (Å²) in [6, 6.07) is 9.32. The van der Waals surface area contributed by atoms with Crippen LogP contribution in [0.3, 0.4) is 0 Å². The van der Waals surface area contributed by atoms with Crippen LogP contribution in [0.1, 0.15) is 0 Å². The lowest BCUT2D eigenvalue weighted by Crippen LogP contribution is -2.06. The van der Waals surface area contributed by atoms with Crippen molar-refractivity contribution in [2.75, 3.05) is 7.11 Å². The fourth-order valence-corrected chi connectivity index (χ4v) is 2.27. The number of aromatic nitrogens is 1. The Balaban J connectivity index is 2.47. The lowest BCUT2D eigenvalue weighted by Gasteiger charge is -2.06. The van der Waals surface area contributed by atoms with Gasteiger partial charge in [0.05, 0.1) is 28.5 Å². The van der Waals surface area contributed by atoms with Gasteiger partial charge < -0.3 is 9.72 Å². The van der Waals surface area contributed by atoms with Crippen LogP contribution in [0.5, 0.6) is 5.75 Å². The SMILES string of the molecule is COc1cccc2[nH]c3cc([N+](=O)[O-])ccc3c(=O)c12. The van der Waals surface area contributed by atoms with Crippen molar-refractivity contribution in [3.63, 3.8) is 0 Å². The molecule has 0 saturated heterocycles. The average molecular weight is 270 g/mol. The number of fused-ring (bicyclic) bond motifs is 2. The average Bonchev–Trinajstić information content (AvgIpc) is 2.46. The maximum Gasteiger partial charge on any atom is 0.271 e. The highest BCUT2D eigenvalue weighted by Gasteiger charge is 2.13. The second-order valence-corrected chi connectivity index (χ2v) is 4.32. The van der Waals surface area contributed by atoms with Gasteiger partial charge >= 0.3 is 0 Å². The summed E-state index contributed by atoms with van der Waals surface area (Å²) in [5.41, 5.74) is 0.754. The lowest BCUT2D eigenvalue weighted by atomic mass is 10.1. The molecule has 0 spiro atoms. The molecule has 100 valence electrons. The van der Waals surface area contributed by atoms with Gasteiger partial charge in [0.25, 0.3) is 5.69 Å². The summed E-state index contributed by atoms with van der Waals surface area (Å²) in [5.74, 6) is 0.476. The number of benzene rings is 2. The summed E-state index contributed by atoms with van der Waals surface area (Å²) in [6.45, 7) is 0. The van der Waals surface area contributed by atoms with E-state index in [0.29, 0.717) is 27.6 Å². The normalized spacial score (nSPS) is 10.8. The van der Waals surface area contributed by atoms with E-state index in [-0.39, 0.29) is 11.1 Å². The smallest absolute Gasteiger partial charge is 0.271 e. The van der Waals surface area contributed by atoms with Crippen molar-refractivity contribution in [2.24, 2.45) is 0 Å². The minimum Gasteiger partial charge on any atom is -0.496 e. The molecule has 3 aromatic rings. The fourth-order valence-electron chi connectivity index (χ4n) is 2.27. The summed E-state index contributed by atoms with van der Waals surface area (Å²) in [7, 11) is 1.49. The molecule has 0 fully saturated rings. The van der Waals surface area contributed by atoms with Gasteiger partial charge in [-0.05, 0) is 18.2 Å². The first-order chi connectivity index (χ1) is 9.61. The maximum absolute atomic E-state index is 12.5. The molecule has 20 heavy (non-hydrogen) atoms. The van der Waals surface area contributed by atoms with E-state index in [1.165, 1.54) is 25.3 Å². The number of nitro benzene ring substituents is 1. The van der Waals surface area contributed by atoms with Crippen molar-refractivity contribution < 1.29 is 9.66 Å². The molecule has 1 heterocycles. The largest absolute Gasteiger partial charge is 0.496 e. The van der Waals surface area contributed by atoms with Crippen LogP contribution in [0.15, 0.2) is 41.2 Å². The Hall–Kier alpha value is -2.89. The van der Waals surface area contributed by atoms with Gasteiger partial charge in [0.15, 0.2) is 0 Å². The molecule has 0 saturated carbocycles. The molecule has 0 bridgehead atoms. The molecular weight excluding hydrogens is 260 g/mol. The zero-order valence-corrected chi connectivity index (χ0v) is 10.5. The second kappa shape index (κ2) is 4.34. The molecule has 0 radical (unpaired) electrons. The Morgan fingerprint density at radius 2 is 2.00 bits per heavy atom. The van der Waals surface area contributed by atoms with E-state index in [4.69, 9.17) is 4.74 Å². The number of nitrogens with zero attached hydrogens (tertiary/aromatic N) is 1. The van der Waals surface area contributed by atoms with Crippen LogP contribution >= 0.6 is 0 Å². The number of rotatable bonds is 2. The topological polar surface area (TPSA) is 85.2 Å². The maximum atomic E-state index is 12.5. The number of aromatic amines is 1. The number of ether oxygens (including phenoxy) is 1. The molecule has 6 nitrogen and oxygen atoms in total. The highest BCUT2D eigenvalue weighted by atomic mass is 16.6. The van der Waals surface area contributed by atoms with E-state index < -0.39 is 4.92 Å². The Morgan fingerprint density at radius 3 is 2.70 bits per heavy atom. The van der Waals surface area contributed by atoms with Gasteiger partial charge in [0.2, 0.25) is 5.43 Å². The number of non-ortho nitro benzene ring substituents is 1. The van der Waals surface area contributed by atoms with Crippen LogP contribution in [-0.4, -0.2) is 17.0 Å². The van der Waals surface area contributed by atoms with Crippen molar-refractivity contribution in [3.8, 4) is 5.75 Å². The molecule has 0 aliphatic carbocycles. The van der Waals surface area contributed by atoms with Crippen molar-refractivity contribution in [1.82, 2.24) is 4.98 Å². The number of H-pyrrole nitrogens is 1. The molecule has 0 aliphatic heterocycles. The Kier molecular flexibility index (Phi) is 2.64. The summed E-state index contributed by atoms with van der Waals surface area (Å²) in [4.78, 5) is 25.8. The van der Waals surface area contributed by atoms with E-state index >= 15 is 0 Å². The molecule has 0 unspecified atom stereocenters. The van der Waals surface area contributed by atoms with E-state index in [0.717, 1.165) is 0 Å². The van der Waals surface area contributed by atoms with Crippen LogP contribution in [0.2, 0.25) is 0 Å². The van der Waals surface area contributed by atoms with E-state index in [1.54, 1.807) is 18.2 Å². The number of hydrogen-bond donors (Lipinski definition) is 1. The Bertz CT molecular complexity index is 899. The van der Waals surface area contributed by atoms with E-state index in [2.05, 4.69) is 4.98 Å². The zero-order chi connectivity index (χ0) is 14.3. The highest BCUT2D eigenvalue weighted by Crippen LogP contribution is 2.25. The third kappa shape index (κ3) is 1.70. The summed E-state index contributed by atoms with van der Waals surface area (Å²) in [6.07, 6.45) is 0. The Labute approximate surface area is 112 Å². The minimum absolute atomic E-state index is 0.0598. The molecule has 3 rings (SSSR count). The predicted molar refractivity (Wildman–Crippen MR) is 75.3 cm³/mol. The van der Waals surface area contributed by atoms with Crippen LogP contribution in [0.4, 0.5) is 5.69 Å². The van der Waals surface area contributed by atoms with Crippen LogP contribution in [-0.2, 0) is 0 Å². The fraction of sp³-hybridized carbons (Fsp3) is 0.0714. The molecule has 6 heteroatoms. The molecule has 1 aromatic heterocycles. The molecular formula is C14H10N2O4. The van der Waals surface area contributed by atoms with Gasteiger partial charge in [-0.3, -0.25) is 14.9 Å². The second-order valence-electron chi connectivity index (χ2n) is 4.32. The molecule has 1 N–H and O–H groups in total.